The quantitative estimate of drug-likeness (QED) is 0.773. The van der Waals surface area contributed by atoms with Crippen molar-refractivity contribution < 1.29 is 9.84 Å². The standard InChI is InChI=1S/C14H19N3O2/c18-14(3-6-19-7-4-14)10-15-8-11-9-17-13-12(11)2-1-5-16-13/h1-2,5,9,15,18H,3-4,6-8,10H2,(H,16,17). The molecule has 0 aromatic carbocycles. The van der Waals surface area contributed by atoms with Crippen LogP contribution in [0.3, 0.4) is 0 Å². The van der Waals surface area contributed by atoms with E-state index in [-0.39, 0.29) is 0 Å². The first-order chi connectivity index (χ1) is 9.27. The second-order valence-corrected chi connectivity index (χ2v) is 5.15. The molecule has 2 aromatic rings. The van der Waals surface area contributed by atoms with E-state index in [1.54, 1.807) is 6.20 Å². The first kappa shape index (κ1) is 12.6. The van der Waals surface area contributed by atoms with E-state index >= 15 is 0 Å². The van der Waals surface area contributed by atoms with E-state index in [2.05, 4.69) is 21.4 Å². The summed E-state index contributed by atoms with van der Waals surface area (Å²) in [5.74, 6) is 0. The summed E-state index contributed by atoms with van der Waals surface area (Å²) in [5, 5.41) is 14.8. The number of hydrogen-bond acceptors (Lipinski definition) is 4. The second-order valence-electron chi connectivity index (χ2n) is 5.15. The third-order valence-electron chi connectivity index (χ3n) is 3.73. The Morgan fingerprint density at radius 3 is 3.11 bits per heavy atom. The van der Waals surface area contributed by atoms with Crippen LogP contribution >= 0.6 is 0 Å². The van der Waals surface area contributed by atoms with E-state index in [0.717, 1.165) is 17.6 Å². The average Bonchev–Trinajstić information content (AvgIpc) is 2.83. The van der Waals surface area contributed by atoms with Crippen molar-refractivity contribution in [2.45, 2.75) is 25.0 Å². The van der Waals surface area contributed by atoms with Gasteiger partial charge in [-0.1, -0.05) is 0 Å². The third-order valence-corrected chi connectivity index (χ3v) is 3.73. The lowest BCUT2D eigenvalue weighted by molar-refractivity contribution is -0.0616. The van der Waals surface area contributed by atoms with Gasteiger partial charge in [0.1, 0.15) is 5.65 Å². The normalized spacial score (nSPS) is 18.8. The van der Waals surface area contributed by atoms with Gasteiger partial charge in [-0.15, -0.1) is 0 Å². The molecule has 1 aliphatic rings. The summed E-state index contributed by atoms with van der Waals surface area (Å²) in [6.07, 6.45) is 5.16. The molecule has 3 rings (SSSR count). The molecule has 102 valence electrons. The minimum atomic E-state index is -0.622. The topological polar surface area (TPSA) is 70.2 Å². The lowest BCUT2D eigenvalue weighted by Crippen LogP contribution is -2.44. The van der Waals surface area contributed by atoms with Gasteiger partial charge in [-0.25, -0.2) is 4.98 Å². The SMILES string of the molecule is OC1(CNCc2c[nH]c3ncccc23)CCOCC1. The minimum absolute atomic E-state index is 0.600. The van der Waals surface area contributed by atoms with Crippen molar-refractivity contribution in [1.82, 2.24) is 15.3 Å². The van der Waals surface area contributed by atoms with Gasteiger partial charge >= 0.3 is 0 Å². The third kappa shape index (κ3) is 2.78. The second kappa shape index (κ2) is 5.28. The van der Waals surface area contributed by atoms with Gasteiger partial charge in [-0.3, -0.25) is 0 Å². The Hall–Kier alpha value is -1.43. The summed E-state index contributed by atoms with van der Waals surface area (Å²) in [5.41, 5.74) is 1.46. The van der Waals surface area contributed by atoms with Crippen LogP contribution in [0.1, 0.15) is 18.4 Å². The molecule has 3 N–H and O–H groups in total. The molecular weight excluding hydrogens is 242 g/mol. The van der Waals surface area contributed by atoms with Gasteiger partial charge in [-0.05, 0) is 17.7 Å². The van der Waals surface area contributed by atoms with Gasteiger partial charge in [-0.2, -0.15) is 0 Å². The molecule has 0 spiro atoms. The maximum Gasteiger partial charge on any atom is 0.137 e. The van der Waals surface area contributed by atoms with Crippen LogP contribution in [0.15, 0.2) is 24.5 Å². The van der Waals surface area contributed by atoms with E-state index in [0.29, 0.717) is 32.6 Å². The Morgan fingerprint density at radius 1 is 1.42 bits per heavy atom. The predicted molar refractivity (Wildman–Crippen MR) is 72.8 cm³/mol. The van der Waals surface area contributed by atoms with Crippen molar-refractivity contribution in [3.63, 3.8) is 0 Å². The number of pyridine rings is 1. The van der Waals surface area contributed by atoms with Crippen LogP contribution in [0.2, 0.25) is 0 Å². The summed E-state index contributed by atoms with van der Waals surface area (Å²) >= 11 is 0. The largest absolute Gasteiger partial charge is 0.388 e. The highest BCUT2D eigenvalue weighted by Gasteiger charge is 2.29. The highest BCUT2D eigenvalue weighted by atomic mass is 16.5. The lowest BCUT2D eigenvalue weighted by atomic mass is 9.94. The summed E-state index contributed by atoms with van der Waals surface area (Å²) in [7, 11) is 0. The van der Waals surface area contributed by atoms with E-state index in [4.69, 9.17) is 4.74 Å². The van der Waals surface area contributed by atoms with E-state index in [9.17, 15) is 5.11 Å². The van der Waals surface area contributed by atoms with Crippen molar-refractivity contribution in [3.05, 3.63) is 30.1 Å². The molecule has 0 saturated carbocycles. The molecule has 19 heavy (non-hydrogen) atoms. The Labute approximate surface area is 112 Å². The van der Waals surface area contributed by atoms with Crippen LogP contribution in [-0.4, -0.2) is 40.4 Å². The van der Waals surface area contributed by atoms with E-state index in [1.807, 2.05) is 12.3 Å². The van der Waals surface area contributed by atoms with Gasteiger partial charge < -0.3 is 20.1 Å². The molecule has 1 aliphatic heterocycles. The maximum absolute atomic E-state index is 10.4. The molecule has 0 atom stereocenters. The summed E-state index contributed by atoms with van der Waals surface area (Å²) in [6, 6.07) is 3.99. The number of H-pyrrole nitrogens is 1. The molecule has 0 aliphatic carbocycles. The number of aliphatic hydroxyl groups is 1. The first-order valence-corrected chi connectivity index (χ1v) is 6.69. The van der Waals surface area contributed by atoms with Crippen molar-refractivity contribution in [1.29, 1.82) is 0 Å². The summed E-state index contributed by atoms with van der Waals surface area (Å²) in [4.78, 5) is 7.42. The Kier molecular flexibility index (Phi) is 3.50. The molecule has 5 heteroatoms. The van der Waals surface area contributed by atoms with E-state index in [1.165, 1.54) is 5.56 Å². The van der Waals surface area contributed by atoms with Crippen molar-refractivity contribution in [2.75, 3.05) is 19.8 Å². The minimum Gasteiger partial charge on any atom is -0.388 e. The number of aromatic nitrogens is 2. The molecular formula is C14H19N3O2. The molecule has 0 radical (unpaired) electrons. The van der Waals surface area contributed by atoms with Gasteiger partial charge in [0.25, 0.3) is 0 Å². The van der Waals surface area contributed by atoms with Crippen LogP contribution in [-0.2, 0) is 11.3 Å². The summed E-state index contributed by atoms with van der Waals surface area (Å²) in [6.45, 7) is 2.63. The Balaban J connectivity index is 1.60. The zero-order chi connectivity index (χ0) is 13.1. The number of hydrogen-bond donors (Lipinski definition) is 3. The summed E-state index contributed by atoms with van der Waals surface area (Å²) < 4.78 is 5.27. The molecule has 1 fully saturated rings. The fourth-order valence-corrected chi connectivity index (χ4v) is 2.52. The monoisotopic (exact) mass is 261 g/mol. The van der Waals surface area contributed by atoms with Gasteiger partial charge in [0.15, 0.2) is 0 Å². The molecule has 5 nitrogen and oxygen atoms in total. The smallest absolute Gasteiger partial charge is 0.137 e. The number of aromatic amines is 1. The van der Waals surface area contributed by atoms with Crippen LogP contribution in [0.4, 0.5) is 0 Å². The van der Waals surface area contributed by atoms with Gasteiger partial charge in [0.05, 0.1) is 5.60 Å². The van der Waals surface area contributed by atoms with Crippen LogP contribution in [0.5, 0.6) is 0 Å². The number of nitrogens with one attached hydrogen (secondary N) is 2. The molecule has 2 aromatic heterocycles. The zero-order valence-electron chi connectivity index (χ0n) is 10.9. The molecule has 0 bridgehead atoms. The average molecular weight is 261 g/mol. The highest BCUT2D eigenvalue weighted by molar-refractivity contribution is 5.79. The fourth-order valence-electron chi connectivity index (χ4n) is 2.52. The van der Waals surface area contributed by atoms with Crippen molar-refractivity contribution in [3.8, 4) is 0 Å². The predicted octanol–water partition coefficient (Wildman–Crippen LogP) is 1.19. The molecule has 0 amide bonds. The number of fused-ring (bicyclic) bond motifs is 1. The van der Waals surface area contributed by atoms with Gasteiger partial charge in [0.2, 0.25) is 0 Å². The number of nitrogens with zero attached hydrogens (tertiary/aromatic N) is 1. The number of rotatable bonds is 4. The van der Waals surface area contributed by atoms with Crippen LogP contribution < -0.4 is 5.32 Å². The fraction of sp³-hybridized carbons (Fsp3) is 0.500. The molecule has 0 unspecified atom stereocenters. The van der Waals surface area contributed by atoms with Gasteiger partial charge in [0, 0.05) is 56.9 Å². The maximum atomic E-state index is 10.4. The molecule has 1 saturated heterocycles. The Morgan fingerprint density at radius 2 is 2.26 bits per heavy atom. The van der Waals surface area contributed by atoms with Crippen molar-refractivity contribution in [2.24, 2.45) is 0 Å². The number of ether oxygens (including phenoxy) is 1. The zero-order valence-corrected chi connectivity index (χ0v) is 10.9. The van der Waals surface area contributed by atoms with Crippen LogP contribution in [0.25, 0.3) is 11.0 Å². The van der Waals surface area contributed by atoms with E-state index < -0.39 is 5.60 Å². The highest BCUT2D eigenvalue weighted by Crippen LogP contribution is 2.20. The first-order valence-electron chi connectivity index (χ1n) is 6.69. The lowest BCUT2D eigenvalue weighted by Gasteiger charge is -2.32. The molecule has 3 heterocycles. The van der Waals surface area contributed by atoms with Crippen molar-refractivity contribution >= 4 is 11.0 Å². The Bertz CT molecular complexity index is 546. The van der Waals surface area contributed by atoms with Crippen LogP contribution in [0, 0.1) is 0 Å².